The number of nitrogens with one attached hydrogen (secondary N) is 1. The van der Waals surface area contributed by atoms with Gasteiger partial charge >= 0.3 is 5.97 Å². The van der Waals surface area contributed by atoms with Gasteiger partial charge in [0.25, 0.3) is 5.91 Å². The highest BCUT2D eigenvalue weighted by atomic mass is 79.9. The SMILES string of the molecule is COc1cc(C=NNC(=O)c2ccccc2Br)ccc1OCC(=O)O. The van der Waals surface area contributed by atoms with E-state index in [-0.39, 0.29) is 5.91 Å². The van der Waals surface area contributed by atoms with Crippen LogP contribution < -0.4 is 14.9 Å². The van der Waals surface area contributed by atoms with Gasteiger partial charge in [-0.15, -0.1) is 0 Å². The van der Waals surface area contributed by atoms with Crippen molar-refractivity contribution in [1.29, 1.82) is 0 Å². The van der Waals surface area contributed by atoms with Gasteiger partial charge in [-0.2, -0.15) is 5.10 Å². The van der Waals surface area contributed by atoms with Crippen LogP contribution in [-0.2, 0) is 4.79 Å². The molecule has 0 atom stereocenters. The van der Waals surface area contributed by atoms with E-state index < -0.39 is 12.6 Å². The number of carbonyl (C=O) groups is 2. The average molecular weight is 407 g/mol. The number of hydrogen-bond acceptors (Lipinski definition) is 5. The summed E-state index contributed by atoms with van der Waals surface area (Å²) in [7, 11) is 1.44. The normalized spacial score (nSPS) is 10.5. The Balaban J connectivity index is 2.04. The molecule has 0 radical (unpaired) electrons. The molecular weight excluding hydrogens is 392 g/mol. The molecule has 0 unspecified atom stereocenters. The van der Waals surface area contributed by atoms with Crippen molar-refractivity contribution >= 4 is 34.0 Å². The fraction of sp³-hybridized carbons (Fsp3) is 0.118. The monoisotopic (exact) mass is 406 g/mol. The topological polar surface area (TPSA) is 97.2 Å². The standard InChI is InChI=1S/C17H15BrN2O5/c1-24-15-8-11(6-7-14(15)25-10-16(21)22)9-19-20-17(23)12-4-2-3-5-13(12)18/h2-9H,10H2,1H3,(H,20,23)(H,21,22). The molecule has 2 N–H and O–H groups in total. The molecule has 0 aliphatic rings. The Bertz CT molecular complexity index is 807. The average Bonchev–Trinajstić information content (AvgIpc) is 2.60. The van der Waals surface area contributed by atoms with Crippen LogP contribution in [-0.4, -0.2) is 36.9 Å². The number of carbonyl (C=O) groups excluding carboxylic acids is 1. The number of benzene rings is 2. The molecule has 2 rings (SSSR count). The van der Waals surface area contributed by atoms with Crippen molar-refractivity contribution in [2.24, 2.45) is 5.10 Å². The zero-order chi connectivity index (χ0) is 18.2. The lowest BCUT2D eigenvalue weighted by molar-refractivity contribution is -0.139. The van der Waals surface area contributed by atoms with Crippen LogP contribution in [0.15, 0.2) is 52.0 Å². The molecule has 0 saturated heterocycles. The van der Waals surface area contributed by atoms with E-state index in [2.05, 4.69) is 26.5 Å². The first-order valence-electron chi connectivity index (χ1n) is 7.12. The Morgan fingerprint density at radius 1 is 1.24 bits per heavy atom. The van der Waals surface area contributed by atoms with Gasteiger partial charge in [-0.1, -0.05) is 12.1 Å². The first-order chi connectivity index (χ1) is 12.0. The van der Waals surface area contributed by atoms with Gasteiger partial charge in [0.1, 0.15) is 0 Å². The Kier molecular flexibility index (Phi) is 6.53. The van der Waals surface area contributed by atoms with Crippen LogP contribution in [0.2, 0.25) is 0 Å². The van der Waals surface area contributed by atoms with E-state index in [1.807, 2.05) is 6.07 Å². The predicted molar refractivity (Wildman–Crippen MR) is 95.3 cm³/mol. The van der Waals surface area contributed by atoms with Gasteiger partial charge in [0.15, 0.2) is 18.1 Å². The molecular formula is C17H15BrN2O5. The molecule has 0 heterocycles. The summed E-state index contributed by atoms with van der Waals surface area (Å²) in [6.07, 6.45) is 1.44. The minimum absolute atomic E-state index is 0.305. The highest BCUT2D eigenvalue weighted by Crippen LogP contribution is 2.27. The van der Waals surface area contributed by atoms with E-state index >= 15 is 0 Å². The van der Waals surface area contributed by atoms with Gasteiger partial charge in [-0.25, -0.2) is 10.2 Å². The number of ether oxygens (including phenoxy) is 2. The van der Waals surface area contributed by atoms with Crippen LogP contribution in [0.25, 0.3) is 0 Å². The third-order valence-electron chi connectivity index (χ3n) is 3.04. The Morgan fingerprint density at radius 3 is 2.68 bits per heavy atom. The fourth-order valence-electron chi connectivity index (χ4n) is 1.89. The number of hydrogen-bond donors (Lipinski definition) is 2. The van der Waals surface area contributed by atoms with E-state index in [9.17, 15) is 9.59 Å². The van der Waals surface area contributed by atoms with Crippen LogP contribution in [0, 0.1) is 0 Å². The number of hydrazone groups is 1. The second kappa shape index (κ2) is 8.84. The van der Waals surface area contributed by atoms with E-state index in [4.69, 9.17) is 14.6 Å². The van der Waals surface area contributed by atoms with Crippen molar-refractivity contribution in [1.82, 2.24) is 5.43 Å². The lowest BCUT2D eigenvalue weighted by atomic mass is 10.2. The van der Waals surface area contributed by atoms with Gasteiger partial charge in [0.05, 0.1) is 18.9 Å². The number of nitrogens with zero attached hydrogens (tertiary/aromatic N) is 1. The zero-order valence-corrected chi connectivity index (χ0v) is 14.8. The van der Waals surface area contributed by atoms with Crippen LogP contribution >= 0.6 is 15.9 Å². The van der Waals surface area contributed by atoms with Crippen molar-refractivity contribution in [2.75, 3.05) is 13.7 Å². The van der Waals surface area contributed by atoms with Crippen molar-refractivity contribution < 1.29 is 24.2 Å². The maximum absolute atomic E-state index is 12.0. The summed E-state index contributed by atoms with van der Waals surface area (Å²) in [6.45, 7) is -0.466. The molecule has 0 aromatic heterocycles. The lowest BCUT2D eigenvalue weighted by Gasteiger charge is -2.09. The molecule has 0 aliphatic heterocycles. The number of halogens is 1. The van der Waals surface area contributed by atoms with E-state index in [0.717, 1.165) is 0 Å². The summed E-state index contributed by atoms with van der Waals surface area (Å²) in [5, 5.41) is 12.5. The Hall–Kier alpha value is -2.87. The Morgan fingerprint density at radius 2 is 2.00 bits per heavy atom. The first-order valence-corrected chi connectivity index (χ1v) is 7.91. The minimum Gasteiger partial charge on any atom is -0.493 e. The minimum atomic E-state index is -1.08. The fourth-order valence-corrected chi connectivity index (χ4v) is 2.36. The number of carboxylic acids is 1. The van der Waals surface area contributed by atoms with Gasteiger partial charge in [0, 0.05) is 4.47 Å². The molecule has 0 aliphatic carbocycles. The van der Waals surface area contributed by atoms with Gasteiger partial charge in [-0.3, -0.25) is 4.79 Å². The quantitative estimate of drug-likeness (QED) is 0.544. The largest absolute Gasteiger partial charge is 0.493 e. The molecule has 0 fully saturated rings. The molecule has 130 valence electrons. The summed E-state index contributed by atoms with van der Waals surface area (Å²) >= 11 is 3.30. The number of rotatable bonds is 7. The van der Waals surface area contributed by atoms with Crippen LogP contribution in [0.5, 0.6) is 11.5 Å². The van der Waals surface area contributed by atoms with Crippen molar-refractivity contribution in [3.8, 4) is 11.5 Å². The summed E-state index contributed by atoms with van der Waals surface area (Å²) in [5.74, 6) is -0.763. The molecule has 7 nitrogen and oxygen atoms in total. The van der Waals surface area contributed by atoms with Gasteiger partial charge in [0.2, 0.25) is 0 Å². The maximum atomic E-state index is 12.0. The number of aliphatic carboxylic acids is 1. The summed E-state index contributed by atoms with van der Waals surface area (Å²) < 4.78 is 10.9. The maximum Gasteiger partial charge on any atom is 0.341 e. The molecule has 0 bridgehead atoms. The predicted octanol–water partition coefficient (Wildman–Crippen LogP) is 2.69. The highest BCUT2D eigenvalue weighted by molar-refractivity contribution is 9.10. The van der Waals surface area contributed by atoms with Crippen LogP contribution in [0.4, 0.5) is 0 Å². The molecule has 0 spiro atoms. The van der Waals surface area contributed by atoms with Crippen molar-refractivity contribution in [2.45, 2.75) is 0 Å². The highest BCUT2D eigenvalue weighted by Gasteiger charge is 2.09. The van der Waals surface area contributed by atoms with Gasteiger partial charge < -0.3 is 14.6 Å². The second-order valence-electron chi connectivity index (χ2n) is 4.77. The number of methoxy groups -OCH3 is 1. The zero-order valence-electron chi connectivity index (χ0n) is 13.2. The third-order valence-corrected chi connectivity index (χ3v) is 3.73. The van der Waals surface area contributed by atoms with Gasteiger partial charge in [-0.05, 0) is 51.8 Å². The summed E-state index contributed by atoms with van der Waals surface area (Å²) in [6, 6.07) is 11.8. The number of amides is 1. The van der Waals surface area contributed by atoms with Crippen molar-refractivity contribution in [3.63, 3.8) is 0 Å². The molecule has 2 aromatic rings. The first kappa shape index (κ1) is 18.5. The third kappa shape index (κ3) is 5.32. The molecule has 25 heavy (non-hydrogen) atoms. The summed E-state index contributed by atoms with van der Waals surface area (Å²) in [5.41, 5.74) is 3.54. The second-order valence-corrected chi connectivity index (χ2v) is 5.63. The molecule has 8 heteroatoms. The van der Waals surface area contributed by atoms with E-state index in [1.54, 1.807) is 36.4 Å². The van der Waals surface area contributed by atoms with E-state index in [0.29, 0.717) is 27.1 Å². The number of carboxylic acid groups (broad SMARTS) is 1. The molecule has 0 saturated carbocycles. The smallest absolute Gasteiger partial charge is 0.341 e. The van der Waals surface area contributed by atoms with Crippen LogP contribution in [0.1, 0.15) is 15.9 Å². The molecule has 1 amide bonds. The lowest BCUT2D eigenvalue weighted by Crippen LogP contribution is -2.18. The van der Waals surface area contributed by atoms with E-state index in [1.165, 1.54) is 13.3 Å². The summed E-state index contributed by atoms with van der Waals surface area (Å²) in [4.78, 5) is 22.6. The Labute approximate surface area is 152 Å². The molecule has 2 aromatic carbocycles. The van der Waals surface area contributed by atoms with Crippen molar-refractivity contribution in [3.05, 3.63) is 58.1 Å². The van der Waals surface area contributed by atoms with Crippen LogP contribution in [0.3, 0.4) is 0 Å².